The molecule has 0 fully saturated rings. The van der Waals surface area contributed by atoms with Crippen molar-refractivity contribution in [1.29, 1.82) is 0 Å². The number of rotatable bonds is 7. The van der Waals surface area contributed by atoms with Gasteiger partial charge in [-0.15, -0.1) is 0 Å². The van der Waals surface area contributed by atoms with E-state index in [0.29, 0.717) is 0 Å². The van der Waals surface area contributed by atoms with E-state index >= 15 is 0 Å². The molecule has 0 saturated heterocycles. The number of benzene rings is 4. The topological polar surface area (TPSA) is 114 Å². The van der Waals surface area contributed by atoms with Crippen molar-refractivity contribution in [3.05, 3.63) is 136 Å². The van der Waals surface area contributed by atoms with Crippen LogP contribution in [0.5, 0.6) is 0 Å². The summed E-state index contributed by atoms with van der Waals surface area (Å²) in [5.74, 6) is -14.8. The molecule has 282 valence electrons. The Bertz CT molecular complexity index is 1680. The average Bonchev–Trinajstić information content (AvgIpc) is 3.02. The quantitative estimate of drug-likeness (QED) is 0.121. The summed E-state index contributed by atoms with van der Waals surface area (Å²) in [6.07, 6.45) is -7.16. The van der Waals surface area contributed by atoms with Crippen LogP contribution in [-0.4, -0.2) is 54.7 Å². The predicted octanol–water partition coefficient (Wildman–Crippen LogP) is 1.64. The number of hydrogen-bond donors (Lipinski definition) is 0. The van der Waals surface area contributed by atoms with Crippen LogP contribution in [-0.2, 0) is 20.2 Å². The Hall–Kier alpha value is -2.68. The van der Waals surface area contributed by atoms with E-state index in [-0.39, 0.29) is 42.4 Å². The first-order chi connectivity index (χ1) is 23.1. The summed E-state index contributed by atoms with van der Waals surface area (Å²) in [6.45, 7) is 0. The van der Waals surface area contributed by atoms with Crippen molar-refractivity contribution in [2.75, 3.05) is 0 Å². The summed E-state index contributed by atoms with van der Waals surface area (Å²) in [6, 6.07) is 42.8. The lowest BCUT2D eigenvalue weighted by molar-refractivity contribution is -0.597. The first-order valence-electron chi connectivity index (χ1n) is 12.8. The van der Waals surface area contributed by atoms with Gasteiger partial charge in [-0.2, -0.15) is 52.7 Å². The molecule has 4 aromatic rings. The Balaban J connectivity index is 0.000000349. The van der Waals surface area contributed by atoms with Gasteiger partial charge in [-0.1, -0.05) is 72.8 Å². The molecule has 0 aliphatic carbocycles. The van der Waals surface area contributed by atoms with Gasteiger partial charge in [-0.25, -0.2) is 16.8 Å². The lowest BCUT2D eigenvalue weighted by Crippen LogP contribution is -3.61. The van der Waals surface area contributed by atoms with E-state index in [0.717, 1.165) is 0 Å². The standard InChI is InChI=1S/2C12H10I.C4HF9O3S.CHF3O3S/c2*1-3-7-11(8-4-1)13-12-9-5-2-6-10-12;5-1(6,3(9,10)11)2(7,8)4(12,13)17(14,15)16;2-1(3,4)8(5,6)7/h2*1-10H;(H,14,15,16);(H,5,6,7)/q2*+1;;/p-2. The van der Waals surface area contributed by atoms with Gasteiger partial charge >= 0.3 is 71.2 Å². The summed E-state index contributed by atoms with van der Waals surface area (Å²) in [5.41, 5.74) is -5.65. The van der Waals surface area contributed by atoms with Crippen LogP contribution in [0.2, 0.25) is 0 Å². The lowest BCUT2D eigenvalue weighted by Gasteiger charge is -2.34. The third-order valence-corrected chi connectivity index (χ3v) is 11.9. The summed E-state index contributed by atoms with van der Waals surface area (Å²) < 4.78 is 200. The van der Waals surface area contributed by atoms with E-state index in [9.17, 15) is 65.7 Å². The number of alkyl halides is 12. The highest BCUT2D eigenvalue weighted by Crippen LogP contribution is 2.54. The minimum atomic E-state index is -7.43. The molecule has 4 rings (SSSR count). The molecule has 51 heavy (non-hydrogen) atoms. The van der Waals surface area contributed by atoms with Crippen molar-refractivity contribution in [2.24, 2.45) is 0 Å². The zero-order chi connectivity index (χ0) is 39.4. The van der Waals surface area contributed by atoms with Crippen molar-refractivity contribution >= 4 is 20.2 Å². The molecule has 0 unspecified atom stereocenters. The Morgan fingerprint density at radius 3 is 0.765 bits per heavy atom. The Morgan fingerprint density at radius 2 is 0.608 bits per heavy atom. The predicted molar refractivity (Wildman–Crippen MR) is 147 cm³/mol. The molecule has 0 radical (unpaired) electrons. The maximum Gasteiger partial charge on any atom is 0.485 e. The molecule has 4 aromatic carbocycles. The van der Waals surface area contributed by atoms with E-state index in [1.807, 2.05) is 0 Å². The van der Waals surface area contributed by atoms with Gasteiger partial charge in [0.2, 0.25) is 0 Å². The highest BCUT2D eigenvalue weighted by molar-refractivity contribution is 7.87. The zero-order valence-electron chi connectivity index (χ0n) is 24.6. The van der Waals surface area contributed by atoms with Crippen LogP contribution in [0.15, 0.2) is 121 Å². The third kappa shape index (κ3) is 14.3. The van der Waals surface area contributed by atoms with Gasteiger partial charge in [-0.3, -0.25) is 0 Å². The molecular weight excluding hydrogens is 990 g/mol. The van der Waals surface area contributed by atoms with Crippen molar-refractivity contribution in [2.45, 2.75) is 28.8 Å². The van der Waals surface area contributed by atoms with Crippen molar-refractivity contribution in [3.63, 3.8) is 0 Å². The maximum absolute atomic E-state index is 12.2. The van der Waals surface area contributed by atoms with Crippen LogP contribution < -0.4 is 42.4 Å². The summed E-state index contributed by atoms with van der Waals surface area (Å²) in [7, 11) is -13.5. The number of hydrogen-bond acceptors (Lipinski definition) is 6. The highest BCUT2D eigenvalue weighted by Gasteiger charge is 2.83. The molecule has 0 aliphatic rings. The molecule has 22 heteroatoms. The van der Waals surface area contributed by atoms with Crippen LogP contribution in [0.3, 0.4) is 0 Å². The molecule has 0 saturated carbocycles. The Labute approximate surface area is 303 Å². The van der Waals surface area contributed by atoms with E-state index in [1.165, 1.54) is 14.3 Å². The molecule has 0 bridgehead atoms. The molecule has 0 spiro atoms. The Kier molecular flexibility index (Phi) is 17.2. The van der Waals surface area contributed by atoms with Gasteiger partial charge in [0.15, 0.2) is 34.5 Å². The minimum absolute atomic E-state index is 0.0287. The SMILES string of the molecule is O=S(=O)([O-])C(F)(F)C(F)(F)C(F)(F)C(F)(F)F.O=S(=O)([O-])C(F)(F)F.c1ccc([I+]c2ccccc2)cc1.c1ccc([I+]c2ccccc2)cc1. The largest absolute Gasteiger partial charge is 0.743 e. The highest BCUT2D eigenvalue weighted by atomic mass is 127. The zero-order valence-corrected chi connectivity index (χ0v) is 30.6. The fourth-order valence-electron chi connectivity index (χ4n) is 2.68. The summed E-state index contributed by atoms with van der Waals surface area (Å²) in [5, 5.41) is -7.11. The molecule has 0 aliphatic heterocycles. The van der Waals surface area contributed by atoms with Gasteiger partial charge in [0.05, 0.1) is 0 Å². The van der Waals surface area contributed by atoms with Crippen LogP contribution >= 0.6 is 0 Å². The molecule has 6 nitrogen and oxygen atoms in total. The first kappa shape index (κ1) is 46.3. The molecule has 0 N–H and O–H groups in total. The van der Waals surface area contributed by atoms with Gasteiger partial charge < -0.3 is 9.11 Å². The van der Waals surface area contributed by atoms with Crippen LogP contribution in [0.4, 0.5) is 52.7 Å². The van der Waals surface area contributed by atoms with Gasteiger partial charge in [0.1, 0.15) is 0 Å². The minimum Gasteiger partial charge on any atom is -0.743 e. The third-order valence-electron chi connectivity index (χ3n) is 5.08. The normalized spacial score (nSPS) is 12.6. The van der Waals surface area contributed by atoms with Crippen molar-refractivity contribution in [3.8, 4) is 0 Å². The molecule has 0 amide bonds. The molecule has 0 atom stereocenters. The van der Waals surface area contributed by atoms with Crippen LogP contribution in [0.1, 0.15) is 0 Å². The second-order valence-electron chi connectivity index (χ2n) is 8.89. The fourth-order valence-corrected chi connectivity index (χ4v) is 7.66. The summed E-state index contributed by atoms with van der Waals surface area (Å²) in [4.78, 5) is 0. The smallest absolute Gasteiger partial charge is 0.485 e. The van der Waals surface area contributed by atoms with Gasteiger partial charge in [0.25, 0.3) is 0 Å². The second-order valence-corrected chi connectivity index (χ2v) is 17.7. The molecule has 0 heterocycles. The fraction of sp³-hybridized carbons (Fsp3) is 0.172. The second kappa shape index (κ2) is 18.9. The first-order valence-corrected chi connectivity index (χ1v) is 20.0. The monoisotopic (exact) mass is 1010 g/mol. The average molecular weight is 1010 g/mol. The lowest BCUT2D eigenvalue weighted by atomic mass is 10.1. The summed E-state index contributed by atoms with van der Waals surface area (Å²) >= 11 is 0.0574. The number of halogens is 14. The molecule has 0 aromatic heterocycles. The van der Waals surface area contributed by atoms with Gasteiger partial charge in [-0.05, 0) is 48.5 Å². The van der Waals surface area contributed by atoms with Crippen LogP contribution in [0.25, 0.3) is 0 Å². The van der Waals surface area contributed by atoms with E-state index < -0.39 is 49.0 Å². The van der Waals surface area contributed by atoms with E-state index in [2.05, 4.69) is 121 Å². The van der Waals surface area contributed by atoms with Gasteiger partial charge in [0, 0.05) is 0 Å². The maximum atomic E-state index is 12.2. The van der Waals surface area contributed by atoms with E-state index in [4.69, 9.17) is 13.0 Å². The Morgan fingerprint density at radius 1 is 0.392 bits per heavy atom. The van der Waals surface area contributed by atoms with Crippen molar-refractivity contribution in [1.82, 2.24) is 0 Å². The van der Waals surface area contributed by atoms with Crippen molar-refractivity contribution < 1.29 is 121 Å². The molecular formula is C29H20F12I2O6S2. The van der Waals surface area contributed by atoms with Crippen LogP contribution in [0, 0.1) is 14.3 Å². The van der Waals surface area contributed by atoms with E-state index in [1.54, 1.807) is 0 Å².